The van der Waals surface area contributed by atoms with E-state index in [1.165, 1.54) is 12.8 Å². The lowest BCUT2D eigenvalue weighted by Crippen LogP contribution is -2.56. The summed E-state index contributed by atoms with van der Waals surface area (Å²) in [4.78, 5) is 12.7. The summed E-state index contributed by atoms with van der Waals surface area (Å²) < 4.78 is 5.41. The Bertz CT molecular complexity index is 294. The lowest BCUT2D eigenvalue weighted by atomic mass is 9.80. The third kappa shape index (κ3) is 2.74. The van der Waals surface area contributed by atoms with Crippen LogP contribution in [0.2, 0.25) is 0 Å². The zero-order chi connectivity index (χ0) is 13.1. The van der Waals surface area contributed by atoms with E-state index >= 15 is 0 Å². The number of carbonyl (C=O) groups excluding carboxylic acids is 1. The molecule has 1 aliphatic heterocycles. The Balaban J connectivity index is 2.04. The van der Waals surface area contributed by atoms with E-state index in [2.05, 4.69) is 28.2 Å². The van der Waals surface area contributed by atoms with Crippen LogP contribution in [0.3, 0.4) is 0 Å². The molecule has 0 radical (unpaired) electrons. The molecule has 0 bridgehead atoms. The fraction of sp³-hybridized carbons (Fsp3) is 0.929. The van der Waals surface area contributed by atoms with Crippen LogP contribution in [0.5, 0.6) is 0 Å². The van der Waals surface area contributed by atoms with Gasteiger partial charge in [-0.05, 0) is 32.1 Å². The summed E-state index contributed by atoms with van der Waals surface area (Å²) >= 11 is 3.57. The number of amides is 1. The van der Waals surface area contributed by atoms with Gasteiger partial charge in [0.05, 0.1) is 5.54 Å². The standard InChI is InChI=1S/C14H24BrNO2/c1-2-13(5-3-4-6-13)12(17)16-14(11-15)7-9-18-10-8-14/h2-11H2,1H3,(H,16,17). The SMILES string of the molecule is CCC1(C(=O)NC2(CBr)CCOCC2)CCCC1. The molecule has 0 spiro atoms. The first kappa shape index (κ1) is 14.3. The van der Waals surface area contributed by atoms with Crippen LogP contribution < -0.4 is 5.32 Å². The zero-order valence-corrected chi connectivity index (χ0v) is 12.9. The smallest absolute Gasteiger partial charge is 0.226 e. The van der Waals surface area contributed by atoms with E-state index in [-0.39, 0.29) is 16.9 Å². The Hall–Kier alpha value is -0.0900. The van der Waals surface area contributed by atoms with Gasteiger partial charge in [-0.1, -0.05) is 35.7 Å². The van der Waals surface area contributed by atoms with Gasteiger partial charge in [0, 0.05) is 24.0 Å². The predicted octanol–water partition coefficient (Wildman–Crippen LogP) is 3.02. The van der Waals surface area contributed by atoms with E-state index in [0.717, 1.165) is 50.6 Å². The highest BCUT2D eigenvalue weighted by atomic mass is 79.9. The Kier molecular flexibility index (Phi) is 4.70. The second-order valence-corrected chi connectivity index (χ2v) is 6.38. The van der Waals surface area contributed by atoms with Gasteiger partial charge in [0.15, 0.2) is 0 Å². The molecule has 1 saturated heterocycles. The minimum absolute atomic E-state index is 0.0832. The fourth-order valence-electron chi connectivity index (χ4n) is 3.22. The molecule has 2 rings (SSSR count). The molecular formula is C14H24BrNO2. The molecule has 4 heteroatoms. The Morgan fingerprint density at radius 2 is 1.83 bits per heavy atom. The molecule has 0 unspecified atom stereocenters. The van der Waals surface area contributed by atoms with E-state index in [0.29, 0.717) is 0 Å². The van der Waals surface area contributed by atoms with E-state index < -0.39 is 0 Å². The van der Waals surface area contributed by atoms with E-state index in [9.17, 15) is 4.79 Å². The molecule has 1 aliphatic carbocycles. The van der Waals surface area contributed by atoms with Gasteiger partial charge in [0.1, 0.15) is 0 Å². The number of hydrogen-bond donors (Lipinski definition) is 1. The number of carbonyl (C=O) groups is 1. The van der Waals surface area contributed by atoms with Crippen molar-refractivity contribution < 1.29 is 9.53 Å². The number of hydrogen-bond acceptors (Lipinski definition) is 2. The summed E-state index contributed by atoms with van der Waals surface area (Å²) in [7, 11) is 0. The third-order valence-corrected chi connectivity index (χ3v) is 5.88. The third-order valence-electron chi connectivity index (χ3n) is 4.80. The summed E-state index contributed by atoms with van der Waals surface area (Å²) in [5.74, 6) is 0.281. The van der Waals surface area contributed by atoms with E-state index in [4.69, 9.17) is 4.74 Å². The average Bonchev–Trinajstić information content (AvgIpc) is 2.90. The monoisotopic (exact) mass is 317 g/mol. The number of ether oxygens (including phenoxy) is 1. The largest absolute Gasteiger partial charge is 0.381 e. The first-order valence-corrected chi connectivity index (χ1v) is 8.25. The van der Waals surface area contributed by atoms with Gasteiger partial charge in [0.2, 0.25) is 5.91 Å². The summed E-state index contributed by atoms with van der Waals surface area (Å²) in [6.07, 6.45) is 7.33. The van der Waals surface area contributed by atoms with Gasteiger partial charge in [-0.25, -0.2) is 0 Å². The molecule has 18 heavy (non-hydrogen) atoms. The highest BCUT2D eigenvalue weighted by molar-refractivity contribution is 9.09. The predicted molar refractivity (Wildman–Crippen MR) is 75.9 cm³/mol. The Morgan fingerprint density at radius 3 is 2.33 bits per heavy atom. The molecule has 1 heterocycles. The van der Waals surface area contributed by atoms with Gasteiger partial charge < -0.3 is 10.1 Å². The topological polar surface area (TPSA) is 38.3 Å². The normalized spacial score (nSPS) is 25.9. The van der Waals surface area contributed by atoms with Crippen LogP contribution in [0.25, 0.3) is 0 Å². The second kappa shape index (κ2) is 5.91. The molecule has 3 nitrogen and oxygen atoms in total. The fourth-order valence-corrected chi connectivity index (χ4v) is 3.92. The quantitative estimate of drug-likeness (QED) is 0.809. The van der Waals surface area contributed by atoms with Crippen LogP contribution in [0.4, 0.5) is 0 Å². The first-order valence-electron chi connectivity index (χ1n) is 7.13. The van der Waals surface area contributed by atoms with Crippen LogP contribution in [0, 0.1) is 5.41 Å². The van der Waals surface area contributed by atoms with Crippen molar-refractivity contribution in [3.63, 3.8) is 0 Å². The average molecular weight is 318 g/mol. The van der Waals surface area contributed by atoms with Gasteiger partial charge >= 0.3 is 0 Å². The van der Waals surface area contributed by atoms with E-state index in [1.54, 1.807) is 0 Å². The van der Waals surface area contributed by atoms with Crippen LogP contribution in [-0.4, -0.2) is 30.0 Å². The van der Waals surface area contributed by atoms with Crippen molar-refractivity contribution in [1.82, 2.24) is 5.32 Å². The van der Waals surface area contributed by atoms with Gasteiger partial charge in [-0.15, -0.1) is 0 Å². The van der Waals surface area contributed by atoms with Crippen molar-refractivity contribution in [3.8, 4) is 0 Å². The van der Waals surface area contributed by atoms with Crippen LogP contribution in [0.15, 0.2) is 0 Å². The van der Waals surface area contributed by atoms with Crippen molar-refractivity contribution in [3.05, 3.63) is 0 Å². The van der Waals surface area contributed by atoms with E-state index in [1.807, 2.05) is 0 Å². The minimum Gasteiger partial charge on any atom is -0.381 e. The Morgan fingerprint density at radius 1 is 1.22 bits per heavy atom. The summed E-state index contributed by atoms with van der Waals surface area (Å²) in [6, 6.07) is 0. The van der Waals surface area contributed by atoms with Crippen LogP contribution >= 0.6 is 15.9 Å². The lowest BCUT2D eigenvalue weighted by Gasteiger charge is -2.39. The molecule has 0 aromatic rings. The van der Waals surface area contributed by atoms with Gasteiger partial charge in [-0.3, -0.25) is 4.79 Å². The minimum atomic E-state index is -0.0898. The maximum Gasteiger partial charge on any atom is 0.226 e. The summed E-state index contributed by atoms with van der Waals surface area (Å²) in [5, 5.41) is 4.18. The first-order chi connectivity index (χ1) is 8.66. The molecule has 0 aromatic heterocycles. The van der Waals surface area contributed by atoms with Crippen molar-refractivity contribution in [2.24, 2.45) is 5.41 Å². The van der Waals surface area contributed by atoms with Crippen LogP contribution in [0.1, 0.15) is 51.9 Å². The molecule has 104 valence electrons. The van der Waals surface area contributed by atoms with Crippen molar-refractivity contribution in [2.75, 3.05) is 18.5 Å². The lowest BCUT2D eigenvalue weighted by molar-refractivity contribution is -0.134. The number of alkyl halides is 1. The molecule has 1 N–H and O–H groups in total. The number of halogens is 1. The zero-order valence-electron chi connectivity index (χ0n) is 11.3. The number of rotatable bonds is 4. The van der Waals surface area contributed by atoms with Gasteiger partial charge in [-0.2, -0.15) is 0 Å². The van der Waals surface area contributed by atoms with Crippen LogP contribution in [-0.2, 0) is 9.53 Å². The summed E-state index contributed by atoms with van der Waals surface area (Å²) in [6.45, 7) is 3.66. The maximum absolute atomic E-state index is 12.7. The summed E-state index contributed by atoms with van der Waals surface area (Å²) in [5.41, 5.74) is -0.173. The highest BCUT2D eigenvalue weighted by Crippen LogP contribution is 2.42. The molecule has 1 amide bonds. The number of nitrogens with one attached hydrogen (secondary N) is 1. The van der Waals surface area contributed by atoms with Crippen molar-refractivity contribution >= 4 is 21.8 Å². The second-order valence-electron chi connectivity index (χ2n) is 5.82. The Labute approximate surface area is 118 Å². The molecular weight excluding hydrogens is 294 g/mol. The molecule has 1 saturated carbocycles. The van der Waals surface area contributed by atoms with Crippen molar-refractivity contribution in [2.45, 2.75) is 57.4 Å². The molecule has 0 atom stereocenters. The highest BCUT2D eigenvalue weighted by Gasteiger charge is 2.43. The van der Waals surface area contributed by atoms with Crippen molar-refractivity contribution in [1.29, 1.82) is 0 Å². The maximum atomic E-state index is 12.7. The molecule has 2 aliphatic rings. The molecule has 0 aromatic carbocycles. The van der Waals surface area contributed by atoms with Gasteiger partial charge in [0.25, 0.3) is 0 Å². The molecule has 2 fully saturated rings.